The Morgan fingerprint density at radius 3 is 2.57 bits per heavy atom. The van der Waals surface area contributed by atoms with E-state index in [1.54, 1.807) is 0 Å². The number of carbonyl (C=O) groups is 1. The van der Waals surface area contributed by atoms with Gasteiger partial charge in [-0.05, 0) is 24.1 Å². The van der Waals surface area contributed by atoms with E-state index in [9.17, 15) is 14.9 Å². The van der Waals surface area contributed by atoms with E-state index in [4.69, 9.17) is 4.74 Å². The molecular weight excluding hydrogens is 270 g/mol. The lowest BCUT2D eigenvalue weighted by molar-refractivity contribution is -0.384. The molecule has 0 aromatic heterocycles. The third-order valence-corrected chi connectivity index (χ3v) is 3.31. The van der Waals surface area contributed by atoms with Gasteiger partial charge < -0.3 is 4.74 Å². The van der Waals surface area contributed by atoms with Crippen molar-refractivity contribution < 1.29 is 14.5 Å². The predicted molar refractivity (Wildman–Crippen MR) is 78.9 cm³/mol. The summed E-state index contributed by atoms with van der Waals surface area (Å²) in [5, 5.41) is 10.8. The van der Waals surface area contributed by atoms with E-state index in [1.165, 1.54) is 25.3 Å². The molecule has 0 fully saturated rings. The topological polar surface area (TPSA) is 69.4 Å². The number of nitro groups is 1. The minimum atomic E-state index is -0.516. The fraction of sp³-hybridized carbons (Fsp3) is 0.188. The molecule has 0 saturated heterocycles. The van der Waals surface area contributed by atoms with Gasteiger partial charge in [0.1, 0.15) is 5.75 Å². The molecule has 0 heterocycles. The molecule has 0 aliphatic carbocycles. The molecule has 2 rings (SSSR count). The van der Waals surface area contributed by atoms with Crippen LogP contribution in [0.3, 0.4) is 0 Å². The highest BCUT2D eigenvalue weighted by Gasteiger charge is 2.17. The van der Waals surface area contributed by atoms with Gasteiger partial charge in [-0.25, -0.2) is 0 Å². The predicted octanol–water partition coefficient (Wildman–Crippen LogP) is 3.34. The Kier molecular flexibility index (Phi) is 4.33. The van der Waals surface area contributed by atoms with E-state index in [-0.39, 0.29) is 23.6 Å². The van der Waals surface area contributed by atoms with Crippen molar-refractivity contribution in [3.63, 3.8) is 0 Å². The zero-order valence-electron chi connectivity index (χ0n) is 11.8. The minimum Gasteiger partial charge on any atom is -0.496 e. The molecule has 0 radical (unpaired) electrons. The van der Waals surface area contributed by atoms with Crippen LogP contribution in [0.5, 0.6) is 5.75 Å². The number of non-ortho nitro benzene ring substituents is 1. The van der Waals surface area contributed by atoms with Crippen LogP contribution in [0, 0.1) is 17.0 Å². The first-order chi connectivity index (χ1) is 10.0. The molecule has 5 nitrogen and oxygen atoms in total. The molecule has 0 aliphatic heterocycles. The summed E-state index contributed by atoms with van der Waals surface area (Å²) >= 11 is 0. The zero-order valence-corrected chi connectivity index (χ0v) is 11.8. The Labute approximate surface area is 122 Å². The normalized spacial score (nSPS) is 10.2. The maximum atomic E-state index is 12.4. The number of nitrogens with zero attached hydrogens (tertiary/aromatic N) is 1. The number of rotatable bonds is 5. The van der Waals surface area contributed by atoms with Gasteiger partial charge >= 0.3 is 0 Å². The van der Waals surface area contributed by atoms with Crippen molar-refractivity contribution in [3.8, 4) is 5.75 Å². The summed E-state index contributed by atoms with van der Waals surface area (Å²) in [5.74, 6) is 0.0961. The second kappa shape index (κ2) is 6.17. The number of nitro benzene ring substituents is 1. The summed E-state index contributed by atoms with van der Waals surface area (Å²) in [5.41, 5.74) is 2.22. The van der Waals surface area contributed by atoms with Gasteiger partial charge in [0.25, 0.3) is 5.69 Å². The lowest BCUT2D eigenvalue weighted by atomic mass is 9.99. The van der Waals surface area contributed by atoms with Crippen LogP contribution in [-0.4, -0.2) is 17.8 Å². The van der Waals surface area contributed by atoms with Gasteiger partial charge in [-0.3, -0.25) is 14.9 Å². The highest BCUT2D eigenvalue weighted by Crippen LogP contribution is 2.26. The first kappa shape index (κ1) is 14.7. The van der Waals surface area contributed by atoms with Gasteiger partial charge in [-0.15, -0.1) is 0 Å². The number of methoxy groups -OCH3 is 1. The van der Waals surface area contributed by atoms with E-state index in [2.05, 4.69) is 0 Å². The Bertz CT molecular complexity index is 694. The van der Waals surface area contributed by atoms with Crippen molar-refractivity contribution in [2.45, 2.75) is 13.3 Å². The molecule has 5 heteroatoms. The smallest absolute Gasteiger partial charge is 0.273 e. The van der Waals surface area contributed by atoms with Gasteiger partial charge in [-0.2, -0.15) is 0 Å². The second-order valence-electron chi connectivity index (χ2n) is 4.67. The van der Waals surface area contributed by atoms with Crippen molar-refractivity contribution >= 4 is 11.5 Å². The van der Waals surface area contributed by atoms with Crippen molar-refractivity contribution in [1.29, 1.82) is 0 Å². The summed E-state index contributed by atoms with van der Waals surface area (Å²) < 4.78 is 5.10. The highest BCUT2D eigenvalue weighted by atomic mass is 16.6. The lowest BCUT2D eigenvalue weighted by Crippen LogP contribution is -2.07. The van der Waals surface area contributed by atoms with Crippen molar-refractivity contribution in [3.05, 3.63) is 69.3 Å². The molecule has 0 aliphatic rings. The lowest BCUT2D eigenvalue weighted by Gasteiger charge is -2.09. The number of ketones is 1. The number of aryl methyl sites for hydroxylation is 1. The number of benzene rings is 2. The van der Waals surface area contributed by atoms with Gasteiger partial charge in [0, 0.05) is 12.5 Å². The largest absolute Gasteiger partial charge is 0.496 e. The molecule has 21 heavy (non-hydrogen) atoms. The molecule has 0 amide bonds. The zero-order chi connectivity index (χ0) is 15.4. The van der Waals surface area contributed by atoms with Gasteiger partial charge in [0.05, 0.1) is 23.7 Å². The van der Waals surface area contributed by atoms with E-state index in [0.29, 0.717) is 5.56 Å². The monoisotopic (exact) mass is 285 g/mol. The highest BCUT2D eigenvalue weighted by molar-refractivity contribution is 6.00. The van der Waals surface area contributed by atoms with Crippen molar-refractivity contribution in [2.75, 3.05) is 7.11 Å². The maximum Gasteiger partial charge on any atom is 0.273 e. The van der Waals surface area contributed by atoms with E-state index >= 15 is 0 Å². The summed E-state index contributed by atoms with van der Waals surface area (Å²) in [6.45, 7) is 1.94. The number of hydrogen-bond donors (Lipinski definition) is 0. The third kappa shape index (κ3) is 3.25. The first-order valence-corrected chi connectivity index (χ1v) is 6.43. The Hall–Kier alpha value is -2.69. The van der Waals surface area contributed by atoms with Crippen molar-refractivity contribution in [1.82, 2.24) is 0 Å². The summed E-state index contributed by atoms with van der Waals surface area (Å²) in [6, 6.07) is 11.6. The Morgan fingerprint density at radius 2 is 1.95 bits per heavy atom. The summed E-state index contributed by atoms with van der Waals surface area (Å²) in [7, 11) is 1.39. The van der Waals surface area contributed by atoms with Crippen LogP contribution < -0.4 is 4.74 Å². The Morgan fingerprint density at radius 1 is 1.24 bits per heavy atom. The van der Waals surface area contributed by atoms with Crippen LogP contribution >= 0.6 is 0 Å². The number of carbonyl (C=O) groups excluding carboxylic acids is 1. The SMILES string of the molecule is COc1cc([N+](=O)[O-])ccc1C(=O)Cc1ccccc1C. The van der Waals surface area contributed by atoms with Gasteiger partial charge in [-0.1, -0.05) is 24.3 Å². The Balaban J connectivity index is 2.31. The van der Waals surface area contributed by atoms with E-state index in [1.807, 2.05) is 31.2 Å². The molecule has 2 aromatic carbocycles. The minimum absolute atomic E-state index is 0.0979. The first-order valence-electron chi connectivity index (χ1n) is 6.43. The van der Waals surface area contributed by atoms with Crippen LogP contribution in [-0.2, 0) is 6.42 Å². The van der Waals surface area contributed by atoms with Crippen LogP contribution in [0.1, 0.15) is 21.5 Å². The fourth-order valence-electron chi connectivity index (χ4n) is 2.10. The summed E-state index contributed by atoms with van der Waals surface area (Å²) in [6.07, 6.45) is 0.237. The van der Waals surface area contributed by atoms with Crippen LogP contribution in [0.2, 0.25) is 0 Å². The average Bonchev–Trinajstić information content (AvgIpc) is 2.48. The second-order valence-corrected chi connectivity index (χ2v) is 4.67. The average molecular weight is 285 g/mol. The molecule has 108 valence electrons. The maximum absolute atomic E-state index is 12.4. The van der Waals surface area contributed by atoms with Gasteiger partial charge in [0.15, 0.2) is 5.78 Å². The molecule has 2 aromatic rings. The molecule has 0 bridgehead atoms. The number of Topliss-reactive ketones (excluding diaryl/α,β-unsaturated/α-hetero) is 1. The van der Waals surface area contributed by atoms with Crippen molar-refractivity contribution in [2.24, 2.45) is 0 Å². The fourth-order valence-corrected chi connectivity index (χ4v) is 2.10. The van der Waals surface area contributed by atoms with Gasteiger partial charge in [0.2, 0.25) is 0 Å². The number of hydrogen-bond acceptors (Lipinski definition) is 4. The van der Waals surface area contributed by atoms with Crippen LogP contribution in [0.15, 0.2) is 42.5 Å². The molecule has 0 saturated carbocycles. The quantitative estimate of drug-likeness (QED) is 0.480. The summed E-state index contributed by atoms with van der Waals surface area (Å²) in [4.78, 5) is 22.6. The van der Waals surface area contributed by atoms with Crippen LogP contribution in [0.25, 0.3) is 0 Å². The molecule has 0 atom stereocenters. The van der Waals surface area contributed by atoms with E-state index < -0.39 is 4.92 Å². The molecule has 0 unspecified atom stereocenters. The standard InChI is InChI=1S/C16H15NO4/c1-11-5-3-4-6-12(11)9-15(18)14-8-7-13(17(19)20)10-16(14)21-2/h3-8,10H,9H2,1-2H3. The third-order valence-electron chi connectivity index (χ3n) is 3.31. The van der Waals surface area contributed by atoms with E-state index in [0.717, 1.165) is 11.1 Å². The molecular formula is C16H15NO4. The number of ether oxygens (including phenoxy) is 1. The van der Waals surface area contributed by atoms with Crippen LogP contribution in [0.4, 0.5) is 5.69 Å². The molecule has 0 spiro atoms. The molecule has 0 N–H and O–H groups in total.